The van der Waals surface area contributed by atoms with Crippen LogP contribution in [0.3, 0.4) is 0 Å². The number of ether oxygens (including phenoxy) is 2. The van der Waals surface area contributed by atoms with Crippen LogP contribution in [-0.4, -0.2) is 27.2 Å². The summed E-state index contributed by atoms with van der Waals surface area (Å²) in [4.78, 5) is 16.5. The highest BCUT2D eigenvalue weighted by molar-refractivity contribution is 5.90. The lowest BCUT2D eigenvalue weighted by molar-refractivity contribution is -0.0896. The third-order valence-electron chi connectivity index (χ3n) is 5.60. The molecular weight excluding hydrogens is 370 g/mol. The van der Waals surface area contributed by atoms with Crippen molar-refractivity contribution in [3.8, 4) is 0 Å². The van der Waals surface area contributed by atoms with Crippen LogP contribution in [0.25, 0.3) is 0 Å². The highest BCUT2D eigenvalue weighted by Gasteiger charge is 2.49. The standard InChI is InChI=1S/C22H31N3O4/c1-13-11-14(18-27-21(5,6)22(7,8)28-18)9-10-15(13)12-23-17(26)16-24-19(29-25-16)20(2,3)4/h9-11,18H,12H2,1-8H3,(H,23,26). The first kappa shape index (κ1) is 21.5. The van der Waals surface area contributed by atoms with Gasteiger partial charge in [0.1, 0.15) is 0 Å². The molecule has 3 rings (SSSR count). The predicted octanol–water partition coefficient (Wildman–Crippen LogP) is 4.21. The molecule has 0 unspecified atom stereocenters. The normalized spacial score (nSPS) is 18.8. The second-order valence-corrected chi connectivity index (χ2v) is 9.63. The van der Waals surface area contributed by atoms with E-state index >= 15 is 0 Å². The molecule has 1 aromatic heterocycles. The van der Waals surface area contributed by atoms with Crippen molar-refractivity contribution < 1.29 is 18.8 Å². The fourth-order valence-corrected chi connectivity index (χ4v) is 2.92. The summed E-state index contributed by atoms with van der Waals surface area (Å²) in [6.45, 7) is 16.4. The monoisotopic (exact) mass is 401 g/mol. The van der Waals surface area contributed by atoms with Crippen molar-refractivity contribution in [2.24, 2.45) is 0 Å². The Morgan fingerprint density at radius 3 is 2.28 bits per heavy atom. The summed E-state index contributed by atoms with van der Waals surface area (Å²) in [6, 6.07) is 5.99. The Bertz CT molecular complexity index is 893. The van der Waals surface area contributed by atoms with Crippen molar-refractivity contribution in [2.45, 2.75) is 84.8 Å². The van der Waals surface area contributed by atoms with E-state index in [1.807, 2.05) is 73.6 Å². The lowest BCUT2D eigenvalue weighted by Gasteiger charge is -2.30. The predicted molar refractivity (Wildman–Crippen MR) is 108 cm³/mol. The van der Waals surface area contributed by atoms with Gasteiger partial charge in [-0.25, -0.2) is 0 Å². The van der Waals surface area contributed by atoms with Gasteiger partial charge in [-0.3, -0.25) is 4.79 Å². The number of rotatable bonds is 4. The summed E-state index contributed by atoms with van der Waals surface area (Å²) in [6.07, 6.45) is -0.405. The highest BCUT2D eigenvalue weighted by Crippen LogP contribution is 2.44. The van der Waals surface area contributed by atoms with Crippen LogP contribution >= 0.6 is 0 Å². The summed E-state index contributed by atoms with van der Waals surface area (Å²) in [5, 5.41) is 6.63. The number of benzene rings is 1. The number of aryl methyl sites for hydroxylation is 1. The van der Waals surface area contributed by atoms with Crippen LogP contribution in [0.2, 0.25) is 0 Å². The molecule has 7 nitrogen and oxygen atoms in total. The summed E-state index contributed by atoms with van der Waals surface area (Å²) < 4.78 is 17.4. The molecule has 0 spiro atoms. The number of hydrogen-bond acceptors (Lipinski definition) is 6. The molecular formula is C22H31N3O4. The maximum Gasteiger partial charge on any atom is 0.292 e. The second kappa shape index (κ2) is 7.22. The molecule has 0 radical (unpaired) electrons. The number of amides is 1. The summed E-state index contributed by atoms with van der Waals surface area (Å²) in [7, 11) is 0. The minimum absolute atomic E-state index is 0.0430. The minimum Gasteiger partial charge on any atom is -0.345 e. The third kappa shape index (κ3) is 4.36. The van der Waals surface area contributed by atoms with Crippen molar-refractivity contribution in [1.82, 2.24) is 15.5 Å². The van der Waals surface area contributed by atoms with E-state index in [0.29, 0.717) is 12.4 Å². The molecule has 1 fully saturated rings. The van der Waals surface area contributed by atoms with Gasteiger partial charge in [-0.05, 0) is 45.7 Å². The fraction of sp³-hybridized carbons (Fsp3) is 0.591. The van der Waals surface area contributed by atoms with E-state index in [4.69, 9.17) is 14.0 Å². The average Bonchev–Trinajstić information content (AvgIpc) is 3.16. The van der Waals surface area contributed by atoms with Gasteiger partial charge in [0.05, 0.1) is 11.2 Å². The fourth-order valence-electron chi connectivity index (χ4n) is 2.92. The van der Waals surface area contributed by atoms with E-state index < -0.39 is 6.29 Å². The summed E-state index contributed by atoms with van der Waals surface area (Å²) in [5.41, 5.74) is 1.94. The van der Waals surface area contributed by atoms with E-state index in [0.717, 1.165) is 16.7 Å². The van der Waals surface area contributed by atoms with E-state index in [-0.39, 0.29) is 28.3 Å². The lowest BCUT2D eigenvalue weighted by Crippen LogP contribution is -2.41. The molecule has 0 aliphatic carbocycles. The van der Waals surface area contributed by atoms with Crippen LogP contribution in [0.5, 0.6) is 0 Å². The molecule has 0 bridgehead atoms. The Balaban J connectivity index is 1.66. The van der Waals surface area contributed by atoms with Crippen molar-refractivity contribution in [3.63, 3.8) is 0 Å². The zero-order valence-corrected chi connectivity index (χ0v) is 18.5. The Labute approximate surface area is 172 Å². The van der Waals surface area contributed by atoms with Gasteiger partial charge in [-0.1, -0.05) is 44.1 Å². The minimum atomic E-state index is -0.405. The summed E-state index contributed by atoms with van der Waals surface area (Å²) in [5.74, 6) is 0.116. The molecule has 1 saturated heterocycles. The van der Waals surface area contributed by atoms with Crippen molar-refractivity contribution in [3.05, 3.63) is 46.6 Å². The van der Waals surface area contributed by atoms with Gasteiger partial charge < -0.3 is 19.3 Å². The molecule has 1 aliphatic heterocycles. The molecule has 1 amide bonds. The molecule has 0 saturated carbocycles. The molecule has 0 atom stereocenters. The Kier molecular flexibility index (Phi) is 5.34. The number of hydrogen-bond donors (Lipinski definition) is 1. The van der Waals surface area contributed by atoms with Gasteiger partial charge in [0.15, 0.2) is 6.29 Å². The maximum absolute atomic E-state index is 12.4. The first-order valence-electron chi connectivity index (χ1n) is 9.88. The van der Waals surface area contributed by atoms with Crippen LogP contribution in [0, 0.1) is 6.92 Å². The van der Waals surface area contributed by atoms with Crippen molar-refractivity contribution >= 4 is 5.91 Å². The van der Waals surface area contributed by atoms with Crippen LogP contribution in [0.4, 0.5) is 0 Å². The van der Waals surface area contributed by atoms with Crippen LogP contribution in [0.1, 0.15) is 88.0 Å². The van der Waals surface area contributed by atoms with Crippen molar-refractivity contribution in [1.29, 1.82) is 0 Å². The summed E-state index contributed by atoms with van der Waals surface area (Å²) >= 11 is 0. The Hall–Kier alpha value is -2.25. The van der Waals surface area contributed by atoms with Gasteiger partial charge in [0, 0.05) is 17.5 Å². The molecule has 1 aromatic carbocycles. The van der Waals surface area contributed by atoms with Crippen LogP contribution < -0.4 is 5.32 Å². The smallest absolute Gasteiger partial charge is 0.292 e. The van der Waals surface area contributed by atoms with Crippen LogP contribution in [0.15, 0.2) is 22.7 Å². The van der Waals surface area contributed by atoms with Crippen molar-refractivity contribution in [2.75, 3.05) is 0 Å². The molecule has 158 valence electrons. The molecule has 2 heterocycles. The number of nitrogens with zero attached hydrogens (tertiary/aromatic N) is 2. The second-order valence-electron chi connectivity index (χ2n) is 9.63. The molecule has 1 N–H and O–H groups in total. The number of nitrogens with one attached hydrogen (secondary N) is 1. The van der Waals surface area contributed by atoms with E-state index in [2.05, 4.69) is 15.5 Å². The average molecular weight is 402 g/mol. The number of aromatic nitrogens is 2. The Morgan fingerprint density at radius 2 is 1.76 bits per heavy atom. The van der Waals surface area contributed by atoms with Gasteiger partial charge in [-0.2, -0.15) is 4.98 Å². The molecule has 7 heteroatoms. The highest BCUT2D eigenvalue weighted by atomic mass is 16.7. The van der Waals surface area contributed by atoms with Gasteiger partial charge in [-0.15, -0.1) is 0 Å². The Morgan fingerprint density at radius 1 is 1.14 bits per heavy atom. The molecule has 2 aromatic rings. The largest absolute Gasteiger partial charge is 0.345 e. The molecule has 1 aliphatic rings. The SMILES string of the molecule is Cc1cc(C2OC(C)(C)C(C)(C)O2)ccc1CNC(=O)c1noc(C(C)(C)C)n1. The topological polar surface area (TPSA) is 86.5 Å². The van der Waals surface area contributed by atoms with E-state index in [1.54, 1.807) is 0 Å². The first-order valence-corrected chi connectivity index (χ1v) is 9.88. The zero-order chi connectivity index (χ0) is 21.6. The lowest BCUT2D eigenvalue weighted by atomic mass is 9.90. The molecule has 29 heavy (non-hydrogen) atoms. The van der Waals surface area contributed by atoms with E-state index in [1.165, 1.54) is 0 Å². The van der Waals surface area contributed by atoms with Crippen LogP contribution in [-0.2, 0) is 21.4 Å². The zero-order valence-electron chi connectivity index (χ0n) is 18.5. The first-order chi connectivity index (χ1) is 13.3. The quantitative estimate of drug-likeness (QED) is 0.826. The van der Waals surface area contributed by atoms with E-state index in [9.17, 15) is 4.79 Å². The van der Waals surface area contributed by atoms with Gasteiger partial charge in [0.2, 0.25) is 5.89 Å². The van der Waals surface area contributed by atoms with Gasteiger partial charge >= 0.3 is 0 Å². The third-order valence-corrected chi connectivity index (χ3v) is 5.60. The number of carbonyl (C=O) groups is 1. The number of carbonyl (C=O) groups excluding carboxylic acids is 1. The van der Waals surface area contributed by atoms with Gasteiger partial charge in [0.25, 0.3) is 11.7 Å². The maximum atomic E-state index is 12.4.